The molecular formula is C11H16ClNO. The number of halogens is 1. The van der Waals surface area contributed by atoms with Crippen molar-refractivity contribution in [1.29, 1.82) is 0 Å². The molecule has 0 N–H and O–H groups in total. The van der Waals surface area contributed by atoms with Crippen molar-refractivity contribution in [2.75, 3.05) is 6.61 Å². The van der Waals surface area contributed by atoms with Crippen molar-refractivity contribution in [1.82, 2.24) is 4.98 Å². The zero-order valence-corrected chi connectivity index (χ0v) is 9.26. The van der Waals surface area contributed by atoms with Gasteiger partial charge in [-0.05, 0) is 18.1 Å². The molecule has 1 rings (SSSR count). The first-order valence-corrected chi connectivity index (χ1v) is 5.39. The van der Waals surface area contributed by atoms with E-state index in [0.29, 0.717) is 11.8 Å². The molecule has 0 aliphatic carbocycles. The lowest BCUT2D eigenvalue weighted by molar-refractivity contribution is 0.117. The first-order chi connectivity index (χ1) is 6.83. The zero-order chi connectivity index (χ0) is 10.2. The van der Waals surface area contributed by atoms with Crippen LogP contribution in [0, 0.1) is 0 Å². The molecule has 1 aromatic rings. The SMILES string of the molecule is CCCCCOCc1ccc(Cl)nc1. The van der Waals surface area contributed by atoms with Crippen molar-refractivity contribution >= 4 is 11.6 Å². The van der Waals surface area contributed by atoms with Crippen LogP contribution in [0.4, 0.5) is 0 Å². The van der Waals surface area contributed by atoms with Gasteiger partial charge in [0.15, 0.2) is 0 Å². The van der Waals surface area contributed by atoms with Gasteiger partial charge in [-0.3, -0.25) is 0 Å². The largest absolute Gasteiger partial charge is 0.377 e. The van der Waals surface area contributed by atoms with Crippen LogP contribution in [-0.4, -0.2) is 11.6 Å². The number of rotatable bonds is 6. The van der Waals surface area contributed by atoms with Crippen LogP contribution in [0.5, 0.6) is 0 Å². The summed E-state index contributed by atoms with van der Waals surface area (Å²) in [5.74, 6) is 0. The Bertz CT molecular complexity index is 248. The van der Waals surface area contributed by atoms with Crippen LogP contribution in [0.25, 0.3) is 0 Å². The fourth-order valence-corrected chi connectivity index (χ4v) is 1.25. The quantitative estimate of drug-likeness (QED) is 0.534. The molecule has 0 amide bonds. The predicted octanol–water partition coefficient (Wildman–Crippen LogP) is 3.44. The van der Waals surface area contributed by atoms with E-state index >= 15 is 0 Å². The maximum absolute atomic E-state index is 5.66. The summed E-state index contributed by atoms with van der Waals surface area (Å²) in [5.41, 5.74) is 1.07. The fraction of sp³-hybridized carbons (Fsp3) is 0.545. The second-order valence-corrected chi connectivity index (χ2v) is 3.64. The second-order valence-electron chi connectivity index (χ2n) is 3.25. The summed E-state index contributed by atoms with van der Waals surface area (Å²) < 4.78 is 5.48. The Labute approximate surface area is 90.3 Å². The molecular weight excluding hydrogens is 198 g/mol. The van der Waals surface area contributed by atoms with Crippen molar-refractivity contribution in [3.63, 3.8) is 0 Å². The van der Waals surface area contributed by atoms with Gasteiger partial charge >= 0.3 is 0 Å². The Hall–Kier alpha value is -0.600. The van der Waals surface area contributed by atoms with Crippen LogP contribution >= 0.6 is 11.6 Å². The van der Waals surface area contributed by atoms with E-state index in [9.17, 15) is 0 Å². The van der Waals surface area contributed by atoms with Crippen LogP contribution in [0.1, 0.15) is 31.7 Å². The van der Waals surface area contributed by atoms with Crippen LogP contribution in [-0.2, 0) is 11.3 Å². The van der Waals surface area contributed by atoms with Crippen molar-refractivity contribution in [3.05, 3.63) is 29.0 Å². The van der Waals surface area contributed by atoms with Crippen molar-refractivity contribution in [2.24, 2.45) is 0 Å². The number of hydrogen-bond donors (Lipinski definition) is 0. The minimum Gasteiger partial charge on any atom is -0.377 e. The summed E-state index contributed by atoms with van der Waals surface area (Å²) in [5, 5.41) is 0.528. The summed E-state index contributed by atoms with van der Waals surface area (Å²) in [7, 11) is 0. The summed E-state index contributed by atoms with van der Waals surface area (Å²) in [6.45, 7) is 3.65. The third kappa shape index (κ3) is 4.58. The van der Waals surface area contributed by atoms with E-state index in [-0.39, 0.29) is 0 Å². The van der Waals surface area contributed by atoms with E-state index in [2.05, 4.69) is 11.9 Å². The highest BCUT2D eigenvalue weighted by molar-refractivity contribution is 6.29. The van der Waals surface area contributed by atoms with Crippen LogP contribution in [0.3, 0.4) is 0 Å². The Morgan fingerprint density at radius 3 is 2.86 bits per heavy atom. The summed E-state index contributed by atoms with van der Waals surface area (Å²) in [4.78, 5) is 3.98. The molecule has 0 bridgehead atoms. The van der Waals surface area contributed by atoms with Gasteiger partial charge < -0.3 is 4.74 Å². The summed E-state index contributed by atoms with van der Waals surface area (Å²) >= 11 is 5.66. The minimum atomic E-state index is 0.528. The molecule has 0 unspecified atom stereocenters. The summed E-state index contributed by atoms with van der Waals surface area (Å²) in [6.07, 6.45) is 5.35. The highest BCUT2D eigenvalue weighted by atomic mass is 35.5. The van der Waals surface area contributed by atoms with Gasteiger partial charge in [0, 0.05) is 12.8 Å². The van der Waals surface area contributed by atoms with Gasteiger partial charge in [0.1, 0.15) is 5.15 Å². The average Bonchev–Trinajstić information content (AvgIpc) is 2.21. The topological polar surface area (TPSA) is 22.1 Å². The summed E-state index contributed by atoms with van der Waals surface area (Å²) in [6, 6.07) is 3.72. The van der Waals surface area contributed by atoms with Gasteiger partial charge in [0.2, 0.25) is 0 Å². The molecule has 0 radical (unpaired) electrons. The zero-order valence-electron chi connectivity index (χ0n) is 8.50. The van der Waals surface area contributed by atoms with Crippen LogP contribution in [0.15, 0.2) is 18.3 Å². The number of aromatic nitrogens is 1. The third-order valence-corrected chi connectivity index (χ3v) is 2.17. The Kier molecular flexibility index (Phi) is 5.57. The van der Waals surface area contributed by atoms with Crippen molar-refractivity contribution in [2.45, 2.75) is 32.8 Å². The lowest BCUT2D eigenvalue weighted by Gasteiger charge is -2.03. The molecule has 0 aliphatic rings. The number of hydrogen-bond acceptors (Lipinski definition) is 2. The van der Waals surface area contributed by atoms with Gasteiger partial charge in [-0.15, -0.1) is 0 Å². The molecule has 78 valence electrons. The molecule has 0 aliphatic heterocycles. The van der Waals surface area contributed by atoms with Crippen molar-refractivity contribution in [3.8, 4) is 0 Å². The van der Waals surface area contributed by atoms with Crippen molar-refractivity contribution < 1.29 is 4.74 Å². The van der Waals surface area contributed by atoms with E-state index in [1.54, 1.807) is 12.3 Å². The number of ether oxygens (including phenoxy) is 1. The fourth-order valence-electron chi connectivity index (χ4n) is 1.14. The highest BCUT2D eigenvalue weighted by Crippen LogP contribution is 2.06. The molecule has 0 saturated heterocycles. The normalized spacial score (nSPS) is 10.4. The third-order valence-electron chi connectivity index (χ3n) is 1.95. The molecule has 14 heavy (non-hydrogen) atoms. The van der Waals surface area contributed by atoms with E-state index < -0.39 is 0 Å². The number of pyridine rings is 1. The molecule has 0 atom stereocenters. The first kappa shape index (κ1) is 11.5. The van der Waals surface area contributed by atoms with Gasteiger partial charge in [-0.25, -0.2) is 4.98 Å². The molecule has 0 aromatic carbocycles. The lowest BCUT2D eigenvalue weighted by Crippen LogP contribution is -1.95. The van der Waals surface area contributed by atoms with E-state index in [1.165, 1.54) is 12.8 Å². The Morgan fingerprint density at radius 1 is 1.36 bits per heavy atom. The minimum absolute atomic E-state index is 0.528. The molecule has 2 nitrogen and oxygen atoms in total. The molecule has 0 saturated carbocycles. The van der Waals surface area contributed by atoms with Gasteiger partial charge in [0.05, 0.1) is 6.61 Å². The molecule has 3 heteroatoms. The predicted molar refractivity (Wildman–Crippen MR) is 58.4 cm³/mol. The molecule has 1 heterocycles. The van der Waals surface area contributed by atoms with Gasteiger partial charge in [0.25, 0.3) is 0 Å². The lowest BCUT2D eigenvalue weighted by atomic mass is 10.3. The molecule has 0 fully saturated rings. The Balaban J connectivity index is 2.15. The first-order valence-electron chi connectivity index (χ1n) is 5.01. The maximum atomic E-state index is 5.66. The van der Waals surface area contributed by atoms with E-state index in [1.807, 2.05) is 6.07 Å². The monoisotopic (exact) mass is 213 g/mol. The smallest absolute Gasteiger partial charge is 0.129 e. The average molecular weight is 214 g/mol. The van der Waals surface area contributed by atoms with Crippen LogP contribution in [0.2, 0.25) is 5.15 Å². The maximum Gasteiger partial charge on any atom is 0.129 e. The van der Waals surface area contributed by atoms with Gasteiger partial charge in [-0.1, -0.05) is 37.4 Å². The molecule has 1 aromatic heterocycles. The van der Waals surface area contributed by atoms with Crippen LogP contribution < -0.4 is 0 Å². The standard InChI is InChI=1S/C11H16ClNO/c1-2-3-4-7-14-9-10-5-6-11(12)13-8-10/h5-6,8H,2-4,7,9H2,1H3. The van der Waals surface area contributed by atoms with E-state index in [4.69, 9.17) is 16.3 Å². The number of nitrogens with zero attached hydrogens (tertiary/aromatic N) is 1. The van der Waals surface area contributed by atoms with Gasteiger partial charge in [-0.2, -0.15) is 0 Å². The molecule has 0 spiro atoms. The second kappa shape index (κ2) is 6.80. The number of unbranched alkanes of at least 4 members (excludes halogenated alkanes) is 2. The Morgan fingerprint density at radius 2 is 2.21 bits per heavy atom. The van der Waals surface area contributed by atoms with E-state index in [0.717, 1.165) is 18.6 Å². The highest BCUT2D eigenvalue weighted by Gasteiger charge is 1.94.